The fraction of sp³-hybridized carbons (Fsp3) is 0.552. The van der Waals surface area contributed by atoms with Crippen molar-refractivity contribution in [1.82, 2.24) is 4.90 Å². The molecule has 2 aliphatic rings. The number of carbonyl (C=O) groups excluding carboxylic acids is 1. The number of ether oxygens (including phenoxy) is 2. The maximum atomic E-state index is 15.1. The summed E-state index contributed by atoms with van der Waals surface area (Å²) in [5.74, 6) is -0.899. The van der Waals surface area contributed by atoms with Gasteiger partial charge >= 0.3 is 0 Å². The lowest BCUT2D eigenvalue weighted by Gasteiger charge is -2.44. The van der Waals surface area contributed by atoms with Gasteiger partial charge < -0.3 is 30.3 Å². The van der Waals surface area contributed by atoms with Gasteiger partial charge in [-0.05, 0) is 62.8 Å². The number of amides is 1. The van der Waals surface area contributed by atoms with Crippen LogP contribution in [0.2, 0.25) is 5.02 Å². The maximum Gasteiger partial charge on any atom is 0.226 e. The normalized spacial score (nSPS) is 25.4. The molecule has 1 amide bonds. The average molecular weight is 549 g/mol. The van der Waals surface area contributed by atoms with Crippen LogP contribution < -0.4 is 5.73 Å². The number of nitrogens with zero attached hydrogens (tertiary/aromatic N) is 1. The van der Waals surface area contributed by atoms with E-state index in [1.54, 1.807) is 42.3 Å². The van der Waals surface area contributed by atoms with E-state index >= 15 is 4.39 Å². The molecule has 0 unspecified atom stereocenters. The van der Waals surface area contributed by atoms with Crippen LogP contribution in [0.5, 0.6) is 0 Å². The highest BCUT2D eigenvalue weighted by atomic mass is 35.5. The van der Waals surface area contributed by atoms with Gasteiger partial charge in [0.15, 0.2) is 0 Å². The lowest BCUT2D eigenvalue weighted by Crippen LogP contribution is -2.55. The molecule has 208 valence electrons. The predicted molar refractivity (Wildman–Crippen MR) is 144 cm³/mol. The quantitative estimate of drug-likeness (QED) is 0.412. The number of benzene rings is 2. The predicted octanol–water partition coefficient (Wildman–Crippen LogP) is 3.78. The van der Waals surface area contributed by atoms with Crippen LogP contribution in [-0.2, 0) is 19.9 Å². The van der Waals surface area contributed by atoms with E-state index < -0.39 is 29.7 Å². The molecule has 4 rings (SSSR count). The lowest BCUT2D eigenvalue weighted by atomic mass is 9.78. The lowest BCUT2D eigenvalue weighted by molar-refractivity contribution is -0.167. The van der Waals surface area contributed by atoms with Crippen molar-refractivity contribution in [3.8, 4) is 11.1 Å². The van der Waals surface area contributed by atoms with Crippen LogP contribution in [-0.4, -0.2) is 72.7 Å². The number of aliphatic hydroxyl groups excluding tert-OH is 1. The summed E-state index contributed by atoms with van der Waals surface area (Å²) in [5.41, 5.74) is 6.44. The van der Waals surface area contributed by atoms with Gasteiger partial charge in [0.2, 0.25) is 5.91 Å². The Balaban J connectivity index is 1.71. The van der Waals surface area contributed by atoms with Gasteiger partial charge in [0, 0.05) is 48.4 Å². The summed E-state index contributed by atoms with van der Waals surface area (Å²) in [7, 11) is 1.63. The number of unbranched alkanes of at least 4 members (excludes halogenated alkanes) is 1. The molecule has 2 aromatic carbocycles. The molecule has 0 spiro atoms. The van der Waals surface area contributed by atoms with E-state index in [9.17, 15) is 15.0 Å². The molecule has 1 saturated heterocycles. The van der Waals surface area contributed by atoms with Crippen molar-refractivity contribution in [3.63, 3.8) is 0 Å². The van der Waals surface area contributed by atoms with Crippen molar-refractivity contribution in [2.75, 3.05) is 33.4 Å². The standard InChI is InChI=1S/C29H38ClFN2O5/c1-18-8-9-23(31)20(14-18)27-21(6-5-7-22(27)30)29(36,10-3-4-12-37-2)26-17-33(11-13-38-26)28(35)19-15-24(32)25(34)16-19/h5-9,14,19,24-26,34,36H,3-4,10-13,15-17,32H2,1-2H3/t19-,24+,25-,26+,29-/m0/s1. The van der Waals surface area contributed by atoms with E-state index in [0.29, 0.717) is 67.0 Å². The molecule has 1 aliphatic carbocycles. The Hall–Kier alpha value is -2.07. The molecule has 1 aliphatic heterocycles. The number of morpholine rings is 1. The molecular formula is C29H38ClFN2O5. The van der Waals surface area contributed by atoms with Crippen LogP contribution in [0, 0.1) is 18.7 Å². The summed E-state index contributed by atoms with van der Waals surface area (Å²) in [5, 5.41) is 22.8. The van der Waals surface area contributed by atoms with E-state index in [4.69, 9.17) is 26.8 Å². The Bertz CT molecular complexity index is 1120. The number of carbonyl (C=O) groups is 1. The molecule has 0 bridgehead atoms. The first kappa shape index (κ1) is 28.9. The van der Waals surface area contributed by atoms with E-state index in [-0.39, 0.29) is 25.0 Å². The number of methoxy groups -OCH3 is 1. The van der Waals surface area contributed by atoms with Crippen LogP contribution in [0.1, 0.15) is 43.2 Å². The fourth-order valence-corrected chi connectivity index (χ4v) is 6.02. The minimum absolute atomic E-state index is 0.0944. The second kappa shape index (κ2) is 12.4. The molecule has 2 aromatic rings. The molecule has 9 heteroatoms. The summed E-state index contributed by atoms with van der Waals surface area (Å²) in [4.78, 5) is 15.1. The zero-order valence-corrected chi connectivity index (χ0v) is 22.8. The molecule has 0 aromatic heterocycles. The van der Waals surface area contributed by atoms with Crippen LogP contribution >= 0.6 is 11.6 Å². The molecule has 5 atom stereocenters. The van der Waals surface area contributed by atoms with Gasteiger partial charge in [-0.15, -0.1) is 0 Å². The van der Waals surface area contributed by atoms with Gasteiger partial charge in [-0.25, -0.2) is 4.39 Å². The largest absolute Gasteiger partial charge is 0.391 e. The fourth-order valence-electron chi connectivity index (χ4n) is 5.75. The third kappa shape index (κ3) is 6.06. The van der Waals surface area contributed by atoms with E-state index in [0.717, 1.165) is 5.56 Å². The number of aryl methyl sites for hydroxylation is 1. The Morgan fingerprint density at radius 3 is 2.79 bits per heavy atom. The van der Waals surface area contributed by atoms with Gasteiger partial charge in [-0.3, -0.25) is 4.79 Å². The van der Waals surface area contributed by atoms with Crippen molar-refractivity contribution in [1.29, 1.82) is 0 Å². The van der Waals surface area contributed by atoms with Crippen molar-refractivity contribution < 1.29 is 28.9 Å². The molecule has 2 fully saturated rings. The molecule has 4 N–H and O–H groups in total. The highest BCUT2D eigenvalue weighted by Crippen LogP contribution is 2.44. The molecule has 7 nitrogen and oxygen atoms in total. The first-order chi connectivity index (χ1) is 18.2. The van der Waals surface area contributed by atoms with Gasteiger partial charge in [0.1, 0.15) is 17.5 Å². The third-order valence-electron chi connectivity index (χ3n) is 7.86. The molecule has 1 saturated carbocycles. The van der Waals surface area contributed by atoms with Crippen LogP contribution in [0.3, 0.4) is 0 Å². The monoisotopic (exact) mass is 548 g/mol. The zero-order valence-electron chi connectivity index (χ0n) is 22.0. The van der Waals surface area contributed by atoms with Gasteiger partial charge in [-0.1, -0.05) is 35.4 Å². The Labute approximate surface area is 228 Å². The Kier molecular flexibility index (Phi) is 9.44. The summed E-state index contributed by atoms with van der Waals surface area (Å²) in [6.45, 7) is 3.18. The summed E-state index contributed by atoms with van der Waals surface area (Å²) >= 11 is 6.67. The number of nitrogens with two attached hydrogens (primary N) is 1. The third-order valence-corrected chi connectivity index (χ3v) is 8.18. The second-order valence-electron chi connectivity index (χ2n) is 10.6. The summed E-state index contributed by atoms with van der Waals surface area (Å²) < 4.78 is 26.5. The number of hydrogen-bond acceptors (Lipinski definition) is 6. The Morgan fingerprint density at radius 1 is 1.29 bits per heavy atom. The summed E-state index contributed by atoms with van der Waals surface area (Å²) in [6.07, 6.45) is 0.911. The molecule has 1 heterocycles. The van der Waals surface area contributed by atoms with Crippen molar-refractivity contribution >= 4 is 17.5 Å². The smallest absolute Gasteiger partial charge is 0.226 e. The van der Waals surface area contributed by atoms with Crippen molar-refractivity contribution in [2.24, 2.45) is 11.7 Å². The second-order valence-corrected chi connectivity index (χ2v) is 11.0. The Morgan fingerprint density at radius 2 is 2.08 bits per heavy atom. The average Bonchev–Trinajstić information content (AvgIpc) is 3.25. The summed E-state index contributed by atoms with van der Waals surface area (Å²) in [6, 6.07) is 9.56. The van der Waals surface area contributed by atoms with Gasteiger partial charge in [0.25, 0.3) is 0 Å². The highest BCUT2D eigenvalue weighted by Gasteiger charge is 2.46. The molecular weight excluding hydrogens is 511 g/mol. The van der Waals surface area contributed by atoms with Crippen LogP contribution in [0.25, 0.3) is 11.1 Å². The highest BCUT2D eigenvalue weighted by molar-refractivity contribution is 6.33. The van der Waals surface area contributed by atoms with Crippen LogP contribution in [0.4, 0.5) is 4.39 Å². The first-order valence-electron chi connectivity index (χ1n) is 13.3. The number of aliphatic hydroxyl groups is 2. The van der Waals surface area contributed by atoms with Gasteiger partial charge in [0.05, 0.1) is 19.3 Å². The number of rotatable bonds is 9. The van der Waals surface area contributed by atoms with E-state index in [1.165, 1.54) is 6.07 Å². The minimum atomic E-state index is -1.56. The zero-order chi connectivity index (χ0) is 27.4. The van der Waals surface area contributed by atoms with E-state index in [2.05, 4.69) is 0 Å². The number of hydrogen-bond donors (Lipinski definition) is 3. The first-order valence-corrected chi connectivity index (χ1v) is 13.6. The minimum Gasteiger partial charge on any atom is -0.391 e. The molecule has 0 radical (unpaired) electrons. The topological polar surface area (TPSA) is 105 Å². The molecule has 38 heavy (non-hydrogen) atoms. The van der Waals surface area contributed by atoms with Gasteiger partial charge in [-0.2, -0.15) is 0 Å². The SMILES string of the molecule is COCCCC[C@](O)(c1cccc(Cl)c1-c1cc(C)ccc1F)[C@H]1CN(C(=O)[C@H]2C[C@@H](N)[C@@H](O)C2)CCO1. The van der Waals surface area contributed by atoms with E-state index in [1.807, 2.05) is 6.92 Å². The van der Waals surface area contributed by atoms with Crippen LogP contribution in [0.15, 0.2) is 36.4 Å². The van der Waals surface area contributed by atoms with Crippen molar-refractivity contribution in [2.45, 2.75) is 62.9 Å². The number of halogens is 2. The maximum absolute atomic E-state index is 15.1. The van der Waals surface area contributed by atoms with Crippen molar-refractivity contribution in [3.05, 3.63) is 58.4 Å².